The molecule has 0 amide bonds. The number of hydrogen-bond acceptors (Lipinski definition) is 0. The lowest BCUT2D eigenvalue weighted by Crippen LogP contribution is -2.22. The molecule has 2 heteroatoms. The van der Waals surface area contributed by atoms with Crippen LogP contribution < -0.4 is 0 Å². The average molecular weight is 614 g/mol. The quantitative estimate of drug-likeness (QED) is 0.277. The predicted molar refractivity (Wildman–Crippen MR) is 143 cm³/mol. The van der Waals surface area contributed by atoms with Crippen molar-refractivity contribution in [3.8, 4) is 0 Å². The van der Waals surface area contributed by atoms with Crippen molar-refractivity contribution in [1.82, 2.24) is 0 Å². The van der Waals surface area contributed by atoms with E-state index in [9.17, 15) is 0 Å². The molecule has 166 valence electrons. The van der Waals surface area contributed by atoms with E-state index in [-0.39, 0.29) is 7.43 Å². The summed E-state index contributed by atoms with van der Waals surface area (Å²) < 4.78 is 0. The molecule has 4 aliphatic rings. The van der Waals surface area contributed by atoms with Crippen molar-refractivity contribution in [3.05, 3.63) is 0 Å². The second-order valence-corrected chi connectivity index (χ2v) is 10.9. The van der Waals surface area contributed by atoms with Crippen molar-refractivity contribution in [2.45, 2.75) is 106 Å². The second-order valence-electron chi connectivity index (χ2n) is 10.9. The summed E-state index contributed by atoms with van der Waals surface area (Å²) in [4.78, 5) is 0. The number of hydrogen-bond donors (Lipinski definition) is 0. The predicted octanol–water partition coefficient (Wildman–Crippen LogP) is 9.98. The van der Waals surface area contributed by atoms with E-state index in [1.54, 1.807) is 38.5 Å². The van der Waals surface area contributed by atoms with Gasteiger partial charge in [0.05, 0.1) is 0 Å². The lowest BCUT2D eigenvalue weighted by atomic mass is 9.73. The minimum Gasteiger partial charge on any atom is -0.0776 e. The minimum atomic E-state index is 0. The molecule has 0 aromatic heterocycles. The number of halogens is 2. The van der Waals surface area contributed by atoms with Gasteiger partial charge in [-0.2, -0.15) is 0 Å². The minimum absolute atomic E-state index is 0. The summed E-state index contributed by atoms with van der Waals surface area (Å²) >= 11 is 4.24. The summed E-state index contributed by atoms with van der Waals surface area (Å²) in [5, 5.41) is 0. The smallest absolute Gasteiger partial charge is 0 e. The van der Waals surface area contributed by atoms with E-state index in [2.05, 4.69) is 64.9 Å². The Kier molecular flexibility index (Phi) is 10.9. The Labute approximate surface area is 200 Å². The lowest BCUT2D eigenvalue weighted by molar-refractivity contribution is 0.181. The molecule has 0 aliphatic heterocycles. The maximum Gasteiger partial charge on any atom is 0 e. The molecule has 28 heavy (non-hydrogen) atoms. The van der Waals surface area contributed by atoms with Crippen LogP contribution in [0.4, 0.5) is 0 Å². The highest BCUT2D eigenvalue weighted by atomic mass is 128. The van der Waals surface area contributed by atoms with Gasteiger partial charge in [0.1, 0.15) is 0 Å². The Bertz CT molecular complexity index is 410. The number of rotatable bonds is 4. The third-order valence-corrected chi connectivity index (χ3v) is 10.3. The van der Waals surface area contributed by atoms with Crippen LogP contribution >= 0.6 is 37.2 Å². The molecule has 4 aliphatic carbocycles. The topological polar surface area (TPSA) is 0 Å². The highest BCUT2D eigenvalue weighted by Gasteiger charge is 2.48. The molecule has 4 rings (SSSR count). The summed E-state index contributed by atoms with van der Waals surface area (Å²) in [6, 6.07) is 0. The van der Waals surface area contributed by atoms with Crippen LogP contribution in [0.5, 0.6) is 0 Å². The summed E-state index contributed by atoms with van der Waals surface area (Å²) in [5.41, 5.74) is 0. The van der Waals surface area contributed by atoms with E-state index in [1.807, 2.05) is 0 Å². The Morgan fingerprint density at radius 1 is 0.536 bits per heavy atom. The van der Waals surface area contributed by atoms with Crippen molar-refractivity contribution in [3.63, 3.8) is 0 Å². The normalized spacial score (nSPS) is 47.4. The summed E-state index contributed by atoms with van der Waals surface area (Å²) in [6.45, 7) is 10.4. The van der Waals surface area contributed by atoms with Gasteiger partial charge >= 0.3 is 0 Å². The van der Waals surface area contributed by atoms with Crippen LogP contribution in [0.1, 0.15) is 106 Å². The van der Waals surface area contributed by atoms with Crippen LogP contribution in [0.3, 0.4) is 0 Å². The van der Waals surface area contributed by atoms with Crippen LogP contribution in [-0.2, 0) is 0 Å². The first kappa shape index (κ1) is 25.7. The zero-order valence-electron chi connectivity index (χ0n) is 18.3. The molecule has 0 aromatic carbocycles. The molecule has 0 radical (unpaired) electrons. The number of fused-ring (bicyclic) bond motifs is 2. The van der Waals surface area contributed by atoms with Gasteiger partial charge in [0.25, 0.3) is 0 Å². The van der Waals surface area contributed by atoms with Crippen LogP contribution in [0, 0.1) is 59.2 Å². The van der Waals surface area contributed by atoms with Crippen LogP contribution in [0.25, 0.3) is 0 Å². The van der Waals surface area contributed by atoms with E-state index >= 15 is 0 Å². The van der Waals surface area contributed by atoms with E-state index in [1.165, 1.54) is 32.1 Å². The Morgan fingerprint density at radius 2 is 0.857 bits per heavy atom. The molecule has 10 atom stereocenters. The van der Waals surface area contributed by atoms with Crippen LogP contribution in [0.2, 0.25) is 0 Å². The maximum atomic E-state index is 2.60. The molecule has 0 N–H and O–H groups in total. The fraction of sp³-hybridized carbons (Fsp3) is 1.00. The highest BCUT2D eigenvalue weighted by molar-refractivity contribution is 15.0. The lowest BCUT2D eigenvalue weighted by Gasteiger charge is -2.32. The molecular formula is C26H48I2. The van der Waals surface area contributed by atoms with Gasteiger partial charge in [0, 0.05) is 37.2 Å². The van der Waals surface area contributed by atoms with Crippen molar-refractivity contribution in [2.24, 2.45) is 59.2 Å². The maximum absolute atomic E-state index is 2.60. The molecule has 0 heterocycles. The van der Waals surface area contributed by atoms with E-state index < -0.39 is 0 Å². The molecule has 0 saturated heterocycles. The third kappa shape index (κ3) is 5.09. The molecular weight excluding hydrogens is 566 g/mol. The van der Waals surface area contributed by atoms with Gasteiger partial charge in [0.15, 0.2) is 0 Å². The SMILES string of the molecule is C.CC1C(C)C(CCCC2C(C)C(C)C3CCCCC32)C2CCCCC12.II. The monoisotopic (exact) mass is 614 g/mol. The average Bonchev–Trinajstić information content (AvgIpc) is 3.10. The largest absolute Gasteiger partial charge is 0.0776 e. The Balaban J connectivity index is 0.000000906. The highest BCUT2D eigenvalue weighted by Crippen LogP contribution is 2.56. The molecule has 0 aromatic rings. The van der Waals surface area contributed by atoms with Gasteiger partial charge in [0.2, 0.25) is 0 Å². The third-order valence-electron chi connectivity index (χ3n) is 10.3. The van der Waals surface area contributed by atoms with Gasteiger partial charge in [-0.1, -0.05) is 67.2 Å². The van der Waals surface area contributed by atoms with Crippen molar-refractivity contribution < 1.29 is 0 Å². The van der Waals surface area contributed by atoms with Crippen molar-refractivity contribution in [1.29, 1.82) is 0 Å². The Hall–Kier alpha value is 1.46. The second kappa shape index (κ2) is 11.9. The van der Waals surface area contributed by atoms with Gasteiger partial charge in [-0.05, 0) is 97.7 Å². The first-order valence-electron chi connectivity index (χ1n) is 12.2. The van der Waals surface area contributed by atoms with Gasteiger partial charge < -0.3 is 0 Å². The summed E-state index contributed by atoms with van der Waals surface area (Å²) in [6.07, 6.45) is 17.0. The molecule has 4 fully saturated rings. The van der Waals surface area contributed by atoms with Gasteiger partial charge in [-0.3, -0.25) is 0 Å². The van der Waals surface area contributed by atoms with Crippen molar-refractivity contribution >= 4 is 37.2 Å². The van der Waals surface area contributed by atoms with Crippen molar-refractivity contribution in [2.75, 3.05) is 0 Å². The summed E-state index contributed by atoms with van der Waals surface area (Å²) in [5.74, 6) is 10.5. The van der Waals surface area contributed by atoms with E-state index in [0.717, 1.165) is 59.2 Å². The van der Waals surface area contributed by atoms with E-state index in [0.29, 0.717) is 0 Å². The molecule has 0 bridgehead atoms. The molecule has 0 nitrogen and oxygen atoms in total. The van der Waals surface area contributed by atoms with Gasteiger partial charge in [-0.25, -0.2) is 0 Å². The summed E-state index contributed by atoms with van der Waals surface area (Å²) in [7, 11) is 0. The van der Waals surface area contributed by atoms with Gasteiger partial charge in [-0.15, -0.1) is 0 Å². The fourth-order valence-electron chi connectivity index (χ4n) is 8.63. The molecule has 0 spiro atoms. The fourth-order valence-corrected chi connectivity index (χ4v) is 8.63. The van der Waals surface area contributed by atoms with Crippen LogP contribution in [0.15, 0.2) is 0 Å². The first-order valence-corrected chi connectivity index (χ1v) is 18.5. The molecule has 4 saturated carbocycles. The zero-order chi connectivity index (χ0) is 19.6. The van der Waals surface area contributed by atoms with Crippen LogP contribution in [-0.4, -0.2) is 0 Å². The molecule has 10 unspecified atom stereocenters. The zero-order valence-corrected chi connectivity index (χ0v) is 22.6. The van der Waals surface area contributed by atoms with E-state index in [4.69, 9.17) is 0 Å². The Morgan fingerprint density at radius 3 is 1.21 bits per heavy atom. The standard InChI is InChI=1S/C25H44.CH4.I2/c1-16-18(3)22(24-12-7-5-10-20(16)24)14-9-15-23-19(4)17(2)21-11-6-8-13-25(21)23;;1-2/h16-25H,5-15H2,1-4H3;1H4;. The first-order chi connectivity index (χ1) is 13.1.